The van der Waals surface area contributed by atoms with Gasteiger partial charge in [-0.25, -0.2) is 0 Å². The molecule has 0 aliphatic carbocycles. The molecule has 38 valence electrons. The number of hydrogen-bond acceptors (Lipinski definition) is 2. The molecule has 2 N–H and O–H groups in total. The summed E-state index contributed by atoms with van der Waals surface area (Å²) in [4.78, 5) is 0. The molecular weight excluding hydrogens is 207 g/mol. The third-order valence-electron chi connectivity index (χ3n) is 0. The molecule has 0 bridgehead atoms. The van der Waals surface area contributed by atoms with Gasteiger partial charge in [-0.15, -0.1) is 0 Å². The third-order valence-corrected chi connectivity index (χ3v) is 0. The first-order valence-electron chi connectivity index (χ1n) is 0.698. The maximum absolute atomic E-state index is 8.74. The normalized spacial score (nSPS) is 8.29. The molecule has 7 heteroatoms. The van der Waals surface area contributed by atoms with Crippen LogP contribution in [0.1, 0.15) is 0 Å². The van der Waals surface area contributed by atoms with Gasteiger partial charge < -0.3 is 0 Å². The summed E-state index contributed by atoms with van der Waals surface area (Å²) in [6.45, 7) is 0. The van der Waals surface area contributed by atoms with E-state index in [1.165, 1.54) is 0 Å². The van der Waals surface area contributed by atoms with E-state index in [-0.39, 0.29) is 75.0 Å². The van der Waals surface area contributed by atoms with Gasteiger partial charge in [0.15, 0.2) is 0 Å². The van der Waals surface area contributed by atoms with E-state index in [1.54, 1.807) is 0 Å². The quantitative estimate of drug-likeness (QED) is 0.352. The SMILES string of the molecule is O=S(=O)(O)O.[NaH].[SrH2]. The molecule has 0 aromatic heterocycles. The van der Waals surface area contributed by atoms with Crippen LogP contribution in [0.25, 0.3) is 0 Å². The summed E-state index contributed by atoms with van der Waals surface area (Å²) in [6.07, 6.45) is 0. The Balaban J connectivity index is -0.0000000800. The van der Waals surface area contributed by atoms with Crippen LogP contribution in [0.5, 0.6) is 0 Å². The van der Waals surface area contributed by atoms with Crippen molar-refractivity contribution in [1.82, 2.24) is 0 Å². The Morgan fingerprint density at radius 3 is 1.14 bits per heavy atom. The first kappa shape index (κ1) is 16.2. The molecule has 0 atom stereocenters. The zero-order valence-electron chi connectivity index (χ0n) is 2.12. The molecule has 0 aromatic carbocycles. The Morgan fingerprint density at radius 1 is 1.14 bits per heavy atom. The van der Waals surface area contributed by atoms with Crippen molar-refractivity contribution in [1.29, 1.82) is 0 Å². The van der Waals surface area contributed by atoms with Crippen molar-refractivity contribution in [3.63, 3.8) is 0 Å². The molecule has 0 saturated heterocycles. The fourth-order valence-electron chi connectivity index (χ4n) is 0. The predicted octanol–water partition coefficient (Wildman–Crippen LogP) is -2.22. The van der Waals surface area contributed by atoms with Crippen molar-refractivity contribution in [3.8, 4) is 0 Å². The van der Waals surface area contributed by atoms with Gasteiger partial charge in [0, 0.05) is 0 Å². The molecule has 0 unspecified atom stereocenters. The number of rotatable bonds is 0. The van der Waals surface area contributed by atoms with Crippen molar-refractivity contribution in [3.05, 3.63) is 0 Å². The molecule has 0 aliphatic heterocycles. The first-order chi connectivity index (χ1) is 2.00. The van der Waals surface area contributed by atoms with Crippen molar-refractivity contribution < 1.29 is 17.5 Å². The van der Waals surface area contributed by atoms with Gasteiger partial charge in [-0.2, -0.15) is 8.42 Å². The summed E-state index contributed by atoms with van der Waals surface area (Å²) in [7, 11) is -4.67. The molecule has 4 nitrogen and oxygen atoms in total. The molecule has 7 heavy (non-hydrogen) atoms. The van der Waals surface area contributed by atoms with Crippen LogP contribution in [0.2, 0.25) is 0 Å². The van der Waals surface area contributed by atoms with Gasteiger partial charge >= 0.3 is 85.4 Å². The maximum atomic E-state index is 8.74. The predicted molar refractivity (Wildman–Crippen MR) is 29.9 cm³/mol. The Hall–Kier alpha value is 2.35. The second kappa shape index (κ2) is 6.47. The summed E-state index contributed by atoms with van der Waals surface area (Å²) in [5.41, 5.74) is 0. The molecule has 0 heterocycles. The summed E-state index contributed by atoms with van der Waals surface area (Å²) in [6, 6.07) is 0. The Morgan fingerprint density at radius 2 is 1.14 bits per heavy atom. The molecule has 0 fully saturated rings. The summed E-state index contributed by atoms with van der Waals surface area (Å²) >= 11 is 0. The van der Waals surface area contributed by atoms with Crippen molar-refractivity contribution in [2.24, 2.45) is 0 Å². The topological polar surface area (TPSA) is 74.6 Å². The zero-order chi connectivity index (χ0) is 4.50. The van der Waals surface area contributed by atoms with Crippen molar-refractivity contribution >= 4 is 85.4 Å². The first-order valence-corrected chi connectivity index (χ1v) is 2.10. The second-order valence-electron chi connectivity index (χ2n) is 0.448. The molecule has 0 saturated carbocycles. The van der Waals surface area contributed by atoms with Gasteiger partial charge in [-0.1, -0.05) is 0 Å². The van der Waals surface area contributed by atoms with Gasteiger partial charge in [-0.05, 0) is 0 Å². The minimum atomic E-state index is -4.67. The van der Waals surface area contributed by atoms with Gasteiger partial charge in [-0.3, -0.25) is 9.11 Å². The minimum absolute atomic E-state index is 0. The standard InChI is InChI=1S/Na.H2O4S.Sr.3H/c;1-5(2,3)4;;;;/h;(H2,1,2,3,4);;;;. The second-order valence-corrected chi connectivity index (χ2v) is 1.34. The van der Waals surface area contributed by atoms with E-state index in [0.29, 0.717) is 0 Å². The van der Waals surface area contributed by atoms with E-state index in [2.05, 4.69) is 0 Å². The van der Waals surface area contributed by atoms with Crippen molar-refractivity contribution in [2.75, 3.05) is 0 Å². The summed E-state index contributed by atoms with van der Waals surface area (Å²) < 4.78 is 31.6. The van der Waals surface area contributed by atoms with E-state index in [1.807, 2.05) is 0 Å². The molecular formula is H5NaO4SSr. The van der Waals surface area contributed by atoms with Crippen LogP contribution in [0.3, 0.4) is 0 Å². The van der Waals surface area contributed by atoms with Crippen LogP contribution in [-0.4, -0.2) is 92.6 Å². The van der Waals surface area contributed by atoms with Crippen LogP contribution in [0, 0.1) is 0 Å². The van der Waals surface area contributed by atoms with Crippen LogP contribution < -0.4 is 0 Å². The van der Waals surface area contributed by atoms with Gasteiger partial charge in [0.25, 0.3) is 0 Å². The van der Waals surface area contributed by atoms with Gasteiger partial charge in [0.1, 0.15) is 0 Å². The van der Waals surface area contributed by atoms with Crippen LogP contribution >= 0.6 is 0 Å². The summed E-state index contributed by atoms with van der Waals surface area (Å²) in [5, 5.41) is 0. The average molecular weight is 212 g/mol. The molecule has 0 amide bonds. The fourth-order valence-corrected chi connectivity index (χ4v) is 0. The van der Waals surface area contributed by atoms with Crippen LogP contribution in [-0.2, 0) is 10.4 Å². The molecule has 0 spiro atoms. The zero-order valence-corrected chi connectivity index (χ0v) is 2.94. The van der Waals surface area contributed by atoms with E-state index in [9.17, 15) is 0 Å². The third kappa shape index (κ3) is 61.0. The Kier molecular flexibility index (Phi) is 14.9. The Labute approximate surface area is 101 Å². The Bertz CT molecular complexity index is 94.9. The van der Waals surface area contributed by atoms with Crippen LogP contribution in [0.4, 0.5) is 0 Å². The van der Waals surface area contributed by atoms with Gasteiger partial charge in [0.05, 0.1) is 0 Å². The molecule has 0 rings (SSSR count). The van der Waals surface area contributed by atoms with E-state index in [0.717, 1.165) is 0 Å². The van der Waals surface area contributed by atoms with E-state index >= 15 is 0 Å². The van der Waals surface area contributed by atoms with E-state index in [4.69, 9.17) is 17.5 Å². The average Bonchev–Trinajstić information content (AvgIpc) is 0.722. The number of hydrogen-bond donors (Lipinski definition) is 2. The molecule has 0 radical (unpaired) electrons. The summed E-state index contributed by atoms with van der Waals surface area (Å²) in [5.74, 6) is 0. The molecule has 0 aliphatic rings. The monoisotopic (exact) mass is 212 g/mol. The fraction of sp³-hybridized carbons (Fsp3) is 0. The van der Waals surface area contributed by atoms with E-state index < -0.39 is 10.4 Å². The van der Waals surface area contributed by atoms with Crippen LogP contribution in [0.15, 0.2) is 0 Å². The van der Waals surface area contributed by atoms with Gasteiger partial charge in [0.2, 0.25) is 0 Å². The van der Waals surface area contributed by atoms with Crippen molar-refractivity contribution in [2.45, 2.75) is 0 Å². The molecule has 0 aromatic rings.